The van der Waals surface area contributed by atoms with E-state index >= 15 is 0 Å². The van der Waals surface area contributed by atoms with E-state index in [-0.39, 0.29) is 6.04 Å². The van der Waals surface area contributed by atoms with E-state index in [1.807, 2.05) is 46.0 Å². The van der Waals surface area contributed by atoms with Crippen LogP contribution in [0.15, 0.2) is 22.9 Å². The standard InChI is InChI=1S/C21H26N6O/c1-13-11-18(20-14(2)26-28-15(20)3)25-21(23-13)19-7-5-6-10-27(19)12-17-8-9-22-16(4)24-17/h8-9,11,19H,5-7,10,12H2,1-4H3/t19-/m1/s1. The fourth-order valence-corrected chi connectivity index (χ4v) is 3.99. The van der Waals surface area contributed by atoms with Crippen molar-refractivity contribution in [1.29, 1.82) is 0 Å². The molecule has 7 nitrogen and oxygen atoms in total. The topological polar surface area (TPSA) is 80.8 Å². The number of aromatic nitrogens is 5. The van der Waals surface area contributed by atoms with E-state index in [1.165, 1.54) is 12.8 Å². The molecule has 0 spiro atoms. The van der Waals surface area contributed by atoms with Crippen LogP contribution in [0.5, 0.6) is 0 Å². The average molecular weight is 378 g/mol. The Hall–Kier alpha value is -2.67. The minimum absolute atomic E-state index is 0.183. The third-order valence-electron chi connectivity index (χ3n) is 5.27. The molecule has 0 aromatic carbocycles. The zero-order chi connectivity index (χ0) is 19.7. The van der Waals surface area contributed by atoms with Gasteiger partial charge in [-0.05, 0) is 59.2 Å². The Balaban J connectivity index is 1.68. The molecule has 1 aliphatic rings. The second kappa shape index (κ2) is 7.75. The molecule has 1 atom stereocenters. The molecule has 0 saturated carbocycles. The highest BCUT2D eigenvalue weighted by atomic mass is 16.5. The van der Waals surface area contributed by atoms with Gasteiger partial charge in [0.05, 0.1) is 28.7 Å². The zero-order valence-corrected chi connectivity index (χ0v) is 16.9. The van der Waals surface area contributed by atoms with Crippen LogP contribution in [0, 0.1) is 27.7 Å². The summed E-state index contributed by atoms with van der Waals surface area (Å²) in [6.45, 7) is 9.63. The van der Waals surface area contributed by atoms with Crippen molar-refractivity contribution in [2.45, 2.75) is 59.5 Å². The maximum absolute atomic E-state index is 5.35. The average Bonchev–Trinajstić information content (AvgIpc) is 3.00. The highest BCUT2D eigenvalue weighted by molar-refractivity contribution is 5.63. The molecule has 146 valence electrons. The highest BCUT2D eigenvalue weighted by Crippen LogP contribution is 2.32. The third kappa shape index (κ3) is 3.80. The van der Waals surface area contributed by atoms with Crippen molar-refractivity contribution in [2.75, 3.05) is 6.54 Å². The Bertz CT molecular complexity index is 963. The molecular weight excluding hydrogens is 352 g/mol. The van der Waals surface area contributed by atoms with E-state index in [0.717, 1.165) is 65.3 Å². The van der Waals surface area contributed by atoms with Gasteiger partial charge in [0.2, 0.25) is 0 Å². The van der Waals surface area contributed by atoms with Crippen LogP contribution in [0.2, 0.25) is 0 Å². The lowest BCUT2D eigenvalue weighted by Gasteiger charge is -2.34. The summed E-state index contributed by atoms with van der Waals surface area (Å²) in [5, 5.41) is 4.08. The van der Waals surface area contributed by atoms with Gasteiger partial charge in [-0.2, -0.15) is 0 Å². The van der Waals surface area contributed by atoms with E-state index < -0.39 is 0 Å². The summed E-state index contributed by atoms with van der Waals surface area (Å²) in [5.74, 6) is 2.47. The van der Waals surface area contributed by atoms with Crippen LogP contribution in [-0.4, -0.2) is 36.5 Å². The maximum Gasteiger partial charge on any atom is 0.146 e. The Morgan fingerprint density at radius 3 is 2.71 bits per heavy atom. The molecule has 3 aromatic heterocycles. The van der Waals surface area contributed by atoms with Gasteiger partial charge in [-0.1, -0.05) is 11.6 Å². The van der Waals surface area contributed by atoms with E-state index in [1.54, 1.807) is 0 Å². The molecule has 4 rings (SSSR count). The van der Waals surface area contributed by atoms with Crippen molar-refractivity contribution in [3.63, 3.8) is 0 Å². The quantitative estimate of drug-likeness (QED) is 0.681. The lowest BCUT2D eigenvalue weighted by atomic mass is 10.0. The van der Waals surface area contributed by atoms with Crippen LogP contribution in [0.25, 0.3) is 11.3 Å². The summed E-state index contributed by atoms with van der Waals surface area (Å²) in [5.41, 5.74) is 4.72. The van der Waals surface area contributed by atoms with Crippen LogP contribution < -0.4 is 0 Å². The van der Waals surface area contributed by atoms with Crippen molar-refractivity contribution in [3.05, 3.63) is 52.8 Å². The molecule has 1 aliphatic heterocycles. The third-order valence-corrected chi connectivity index (χ3v) is 5.27. The summed E-state index contributed by atoms with van der Waals surface area (Å²) in [6, 6.07) is 4.19. The van der Waals surface area contributed by atoms with Crippen molar-refractivity contribution in [2.24, 2.45) is 0 Å². The van der Waals surface area contributed by atoms with E-state index in [0.29, 0.717) is 0 Å². The summed E-state index contributed by atoms with van der Waals surface area (Å²) in [7, 11) is 0. The lowest BCUT2D eigenvalue weighted by Crippen LogP contribution is -2.34. The molecule has 0 radical (unpaired) electrons. The van der Waals surface area contributed by atoms with E-state index in [4.69, 9.17) is 14.5 Å². The van der Waals surface area contributed by atoms with Crippen LogP contribution in [0.3, 0.4) is 0 Å². The first-order chi connectivity index (χ1) is 13.5. The number of rotatable bonds is 4. The molecule has 0 amide bonds. The van der Waals surface area contributed by atoms with Crippen LogP contribution >= 0.6 is 0 Å². The summed E-state index contributed by atoms with van der Waals surface area (Å²) in [6.07, 6.45) is 5.24. The first-order valence-corrected chi connectivity index (χ1v) is 9.82. The molecule has 0 aliphatic carbocycles. The molecule has 4 heterocycles. The van der Waals surface area contributed by atoms with Gasteiger partial charge >= 0.3 is 0 Å². The van der Waals surface area contributed by atoms with Gasteiger partial charge < -0.3 is 4.52 Å². The smallest absolute Gasteiger partial charge is 0.146 e. The number of hydrogen-bond acceptors (Lipinski definition) is 7. The predicted octanol–water partition coefficient (Wildman–Crippen LogP) is 3.88. The van der Waals surface area contributed by atoms with Crippen molar-refractivity contribution >= 4 is 0 Å². The number of likely N-dealkylation sites (tertiary alicyclic amines) is 1. The molecule has 0 unspecified atom stereocenters. The molecular formula is C21H26N6O. The Kier molecular flexibility index (Phi) is 5.17. The summed E-state index contributed by atoms with van der Waals surface area (Å²) >= 11 is 0. The Morgan fingerprint density at radius 2 is 1.96 bits per heavy atom. The van der Waals surface area contributed by atoms with Gasteiger partial charge in [0.15, 0.2) is 0 Å². The molecule has 0 N–H and O–H groups in total. The molecule has 1 saturated heterocycles. The van der Waals surface area contributed by atoms with Crippen molar-refractivity contribution < 1.29 is 4.52 Å². The van der Waals surface area contributed by atoms with Gasteiger partial charge in [0, 0.05) is 18.4 Å². The van der Waals surface area contributed by atoms with Gasteiger partial charge in [-0.25, -0.2) is 19.9 Å². The van der Waals surface area contributed by atoms with Gasteiger partial charge in [0.25, 0.3) is 0 Å². The normalized spacial score (nSPS) is 17.8. The SMILES string of the molecule is Cc1cc(-c2c(C)noc2C)nc([C@H]2CCCCN2Cc2ccnc(C)n2)n1. The van der Waals surface area contributed by atoms with Crippen LogP contribution in [0.4, 0.5) is 0 Å². The van der Waals surface area contributed by atoms with Crippen LogP contribution in [0.1, 0.15) is 59.8 Å². The molecule has 1 fully saturated rings. The largest absolute Gasteiger partial charge is 0.361 e. The zero-order valence-electron chi connectivity index (χ0n) is 16.9. The second-order valence-electron chi connectivity index (χ2n) is 7.53. The van der Waals surface area contributed by atoms with Crippen molar-refractivity contribution in [3.8, 4) is 11.3 Å². The molecule has 28 heavy (non-hydrogen) atoms. The minimum Gasteiger partial charge on any atom is -0.361 e. The Labute approximate surface area is 165 Å². The lowest BCUT2D eigenvalue weighted by molar-refractivity contribution is 0.132. The fraction of sp³-hybridized carbons (Fsp3) is 0.476. The van der Waals surface area contributed by atoms with Gasteiger partial charge in [-0.15, -0.1) is 0 Å². The first kappa shape index (κ1) is 18.7. The van der Waals surface area contributed by atoms with E-state index in [2.05, 4.69) is 20.0 Å². The van der Waals surface area contributed by atoms with Gasteiger partial charge in [-0.3, -0.25) is 4.90 Å². The van der Waals surface area contributed by atoms with Crippen molar-refractivity contribution in [1.82, 2.24) is 30.0 Å². The van der Waals surface area contributed by atoms with Gasteiger partial charge in [0.1, 0.15) is 17.4 Å². The number of hydrogen-bond donors (Lipinski definition) is 0. The summed E-state index contributed by atoms with van der Waals surface area (Å²) < 4.78 is 5.35. The summed E-state index contributed by atoms with van der Waals surface area (Å²) in [4.78, 5) is 21.0. The first-order valence-electron chi connectivity index (χ1n) is 9.82. The number of piperidine rings is 1. The number of nitrogens with zero attached hydrogens (tertiary/aromatic N) is 6. The highest BCUT2D eigenvalue weighted by Gasteiger charge is 2.28. The molecule has 3 aromatic rings. The van der Waals surface area contributed by atoms with Crippen LogP contribution in [-0.2, 0) is 6.54 Å². The Morgan fingerprint density at radius 1 is 1.11 bits per heavy atom. The predicted molar refractivity (Wildman–Crippen MR) is 106 cm³/mol. The molecule has 0 bridgehead atoms. The second-order valence-corrected chi connectivity index (χ2v) is 7.53. The number of aryl methyl sites for hydroxylation is 4. The fourth-order valence-electron chi connectivity index (χ4n) is 3.99. The monoisotopic (exact) mass is 378 g/mol. The minimum atomic E-state index is 0.183. The van der Waals surface area contributed by atoms with E-state index in [9.17, 15) is 0 Å². The molecule has 7 heteroatoms. The maximum atomic E-state index is 5.35.